The Labute approximate surface area is 107 Å². The quantitative estimate of drug-likeness (QED) is 0.808. The number of amides is 1. The van der Waals surface area contributed by atoms with Gasteiger partial charge in [-0.05, 0) is 26.0 Å². The van der Waals surface area contributed by atoms with E-state index in [4.69, 9.17) is 18.0 Å². The van der Waals surface area contributed by atoms with Crippen molar-refractivity contribution in [1.82, 2.24) is 9.88 Å². The summed E-state index contributed by atoms with van der Waals surface area (Å²) in [6, 6.07) is 3.61. The standard InChI is InChI=1S/C12H17N3OS/c1-9(2)15(7-5-11(13)17)12(16)10-4-3-6-14-8-10/h3-4,6,8-9H,5,7H2,1-2H3,(H2,13,17). The number of hydrogen-bond donors (Lipinski definition) is 1. The van der Waals surface area contributed by atoms with Gasteiger partial charge in [0.2, 0.25) is 0 Å². The Balaban J connectivity index is 2.77. The summed E-state index contributed by atoms with van der Waals surface area (Å²) < 4.78 is 0. The van der Waals surface area contributed by atoms with Gasteiger partial charge in [0.15, 0.2) is 0 Å². The number of hydrogen-bond acceptors (Lipinski definition) is 3. The lowest BCUT2D eigenvalue weighted by atomic mass is 10.2. The van der Waals surface area contributed by atoms with Crippen LogP contribution in [0.4, 0.5) is 0 Å². The van der Waals surface area contributed by atoms with E-state index in [1.807, 2.05) is 13.8 Å². The van der Waals surface area contributed by atoms with Crippen LogP contribution in [-0.2, 0) is 0 Å². The largest absolute Gasteiger partial charge is 0.393 e. The molecule has 0 saturated heterocycles. The Morgan fingerprint density at radius 3 is 2.76 bits per heavy atom. The summed E-state index contributed by atoms with van der Waals surface area (Å²) in [5.41, 5.74) is 6.05. The van der Waals surface area contributed by atoms with Gasteiger partial charge in [-0.15, -0.1) is 0 Å². The van der Waals surface area contributed by atoms with Crippen molar-refractivity contribution in [1.29, 1.82) is 0 Å². The second-order valence-corrected chi connectivity index (χ2v) is 4.57. The van der Waals surface area contributed by atoms with Crippen molar-refractivity contribution < 1.29 is 4.79 Å². The molecule has 0 unspecified atom stereocenters. The van der Waals surface area contributed by atoms with Gasteiger partial charge in [0.1, 0.15) is 0 Å². The molecule has 0 atom stereocenters. The first-order chi connectivity index (χ1) is 8.02. The third-order valence-corrected chi connectivity index (χ3v) is 2.60. The van der Waals surface area contributed by atoms with Crippen molar-refractivity contribution in [3.05, 3.63) is 30.1 Å². The van der Waals surface area contributed by atoms with Crippen LogP contribution in [0.1, 0.15) is 30.6 Å². The van der Waals surface area contributed by atoms with Gasteiger partial charge in [0, 0.05) is 31.4 Å². The number of rotatable bonds is 5. The predicted molar refractivity (Wildman–Crippen MR) is 71.8 cm³/mol. The molecule has 5 heteroatoms. The average molecular weight is 251 g/mol. The summed E-state index contributed by atoms with van der Waals surface area (Å²) in [5.74, 6) is -0.0376. The van der Waals surface area contributed by atoms with E-state index in [1.54, 1.807) is 29.4 Å². The minimum atomic E-state index is -0.0376. The SMILES string of the molecule is CC(C)N(CCC(N)=S)C(=O)c1cccnc1. The van der Waals surface area contributed by atoms with E-state index in [2.05, 4.69) is 4.98 Å². The molecular weight excluding hydrogens is 234 g/mol. The molecule has 0 bridgehead atoms. The second-order valence-electron chi connectivity index (χ2n) is 4.05. The molecule has 0 aromatic carbocycles. The Bertz CT molecular complexity index is 392. The fourth-order valence-electron chi connectivity index (χ4n) is 1.48. The van der Waals surface area contributed by atoms with Crippen LogP contribution in [0.3, 0.4) is 0 Å². The van der Waals surface area contributed by atoms with Gasteiger partial charge >= 0.3 is 0 Å². The van der Waals surface area contributed by atoms with Crippen LogP contribution in [0, 0.1) is 0 Å². The fourth-order valence-corrected chi connectivity index (χ4v) is 1.57. The fraction of sp³-hybridized carbons (Fsp3) is 0.417. The lowest BCUT2D eigenvalue weighted by Gasteiger charge is -2.26. The third-order valence-electron chi connectivity index (χ3n) is 2.39. The van der Waals surface area contributed by atoms with E-state index < -0.39 is 0 Å². The molecule has 0 saturated carbocycles. The van der Waals surface area contributed by atoms with Crippen LogP contribution in [0.25, 0.3) is 0 Å². The van der Waals surface area contributed by atoms with Gasteiger partial charge in [-0.1, -0.05) is 12.2 Å². The molecular formula is C12H17N3OS. The van der Waals surface area contributed by atoms with Crippen molar-refractivity contribution in [3.8, 4) is 0 Å². The van der Waals surface area contributed by atoms with E-state index in [0.717, 1.165) is 0 Å². The summed E-state index contributed by atoms with van der Waals surface area (Å²) in [5, 5.41) is 0. The normalized spacial score (nSPS) is 10.3. The summed E-state index contributed by atoms with van der Waals surface area (Å²) >= 11 is 4.83. The molecule has 0 fully saturated rings. The highest BCUT2D eigenvalue weighted by Gasteiger charge is 2.18. The van der Waals surface area contributed by atoms with Crippen LogP contribution in [-0.4, -0.2) is 33.4 Å². The Morgan fingerprint density at radius 1 is 1.59 bits per heavy atom. The monoisotopic (exact) mass is 251 g/mol. The van der Waals surface area contributed by atoms with Crippen LogP contribution >= 0.6 is 12.2 Å². The van der Waals surface area contributed by atoms with E-state index in [9.17, 15) is 4.79 Å². The van der Waals surface area contributed by atoms with Crippen molar-refractivity contribution in [2.45, 2.75) is 26.3 Å². The molecule has 4 nitrogen and oxygen atoms in total. The summed E-state index contributed by atoms with van der Waals surface area (Å²) in [6.07, 6.45) is 3.75. The molecule has 17 heavy (non-hydrogen) atoms. The molecule has 2 N–H and O–H groups in total. The number of aromatic nitrogens is 1. The molecule has 0 radical (unpaired) electrons. The molecule has 0 aliphatic rings. The number of carbonyl (C=O) groups excluding carboxylic acids is 1. The molecule has 0 spiro atoms. The molecule has 1 rings (SSSR count). The highest BCUT2D eigenvalue weighted by molar-refractivity contribution is 7.80. The predicted octanol–water partition coefficient (Wildman–Crippen LogP) is 1.61. The van der Waals surface area contributed by atoms with Gasteiger partial charge in [-0.25, -0.2) is 0 Å². The van der Waals surface area contributed by atoms with Crippen molar-refractivity contribution >= 4 is 23.1 Å². The first kappa shape index (κ1) is 13.6. The second kappa shape index (κ2) is 6.30. The molecule has 1 aromatic rings. The van der Waals surface area contributed by atoms with Crippen LogP contribution in [0.5, 0.6) is 0 Å². The first-order valence-corrected chi connectivity index (χ1v) is 5.92. The number of nitrogens with zero attached hydrogens (tertiary/aromatic N) is 2. The first-order valence-electron chi connectivity index (χ1n) is 5.51. The summed E-state index contributed by atoms with van der Waals surface area (Å²) in [6.45, 7) is 4.47. The summed E-state index contributed by atoms with van der Waals surface area (Å²) in [7, 11) is 0. The zero-order valence-electron chi connectivity index (χ0n) is 10.1. The zero-order chi connectivity index (χ0) is 12.8. The highest BCUT2D eigenvalue weighted by Crippen LogP contribution is 2.08. The van der Waals surface area contributed by atoms with Gasteiger partial charge in [0.25, 0.3) is 5.91 Å². The van der Waals surface area contributed by atoms with Gasteiger partial charge in [0.05, 0.1) is 10.6 Å². The maximum Gasteiger partial charge on any atom is 0.255 e. The van der Waals surface area contributed by atoms with Gasteiger partial charge in [-0.3, -0.25) is 9.78 Å². The van der Waals surface area contributed by atoms with E-state index >= 15 is 0 Å². The highest BCUT2D eigenvalue weighted by atomic mass is 32.1. The minimum absolute atomic E-state index is 0.0376. The maximum atomic E-state index is 12.2. The Kier molecular flexibility index (Phi) is 5.03. The van der Waals surface area contributed by atoms with E-state index in [-0.39, 0.29) is 11.9 Å². The topological polar surface area (TPSA) is 59.2 Å². The minimum Gasteiger partial charge on any atom is -0.393 e. The molecule has 1 heterocycles. The van der Waals surface area contributed by atoms with Crippen LogP contribution in [0.15, 0.2) is 24.5 Å². The van der Waals surface area contributed by atoms with E-state index in [1.165, 1.54) is 0 Å². The number of carbonyl (C=O) groups is 1. The molecule has 1 amide bonds. The number of pyridine rings is 1. The number of nitrogens with two attached hydrogens (primary N) is 1. The third kappa shape index (κ3) is 4.11. The molecule has 92 valence electrons. The Morgan fingerprint density at radius 2 is 2.29 bits per heavy atom. The van der Waals surface area contributed by atoms with Gasteiger partial charge in [-0.2, -0.15) is 0 Å². The van der Waals surface area contributed by atoms with E-state index in [0.29, 0.717) is 23.5 Å². The molecule has 1 aromatic heterocycles. The lowest BCUT2D eigenvalue weighted by Crippen LogP contribution is -2.39. The summed E-state index contributed by atoms with van der Waals surface area (Å²) in [4.78, 5) is 18.3. The molecule has 0 aliphatic heterocycles. The zero-order valence-corrected chi connectivity index (χ0v) is 10.9. The maximum absolute atomic E-state index is 12.2. The average Bonchev–Trinajstić information content (AvgIpc) is 2.29. The number of thiocarbonyl (C=S) groups is 1. The lowest BCUT2D eigenvalue weighted by molar-refractivity contribution is 0.0711. The van der Waals surface area contributed by atoms with Crippen molar-refractivity contribution in [2.24, 2.45) is 5.73 Å². The molecule has 0 aliphatic carbocycles. The van der Waals surface area contributed by atoms with Gasteiger partial charge < -0.3 is 10.6 Å². The van der Waals surface area contributed by atoms with Crippen LogP contribution in [0.2, 0.25) is 0 Å². The van der Waals surface area contributed by atoms with Crippen LogP contribution < -0.4 is 5.73 Å². The van der Waals surface area contributed by atoms with Crippen molar-refractivity contribution in [3.63, 3.8) is 0 Å². The Hall–Kier alpha value is -1.49. The van der Waals surface area contributed by atoms with Crippen molar-refractivity contribution in [2.75, 3.05) is 6.54 Å². The smallest absolute Gasteiger partial charge is 0.255 e.